The number of alkyl carbamates (subject to hydrolysis) is 1. The van der Waals surface area contributed by atoms with Crippen LogP contribution in [-0.4, -0.2) is 68.3 Å². The molecule has 9 nitrogen and oxygen atoms in total. The van der Waals surface area contributed by atoms with E-state index in [1.165, 1.54) is 103 Å². The van der Waals surface area contributed by atoms with Gasteiger partial charge in [0.15, 0.2) is 6.10 Å². The van der Waals surface area contributed by atoms with Crippen LogP contribution < -0.4 is 5.32 Å². The molecule has 0 saturated heterocycles. The van der Waals surface area contributed by atoms with Crippen LogP contribution in [0.2, 0.25) is 0 Å². The van der Waals surface area contributed by atoms with E-state index in [0.29, 0.717) is 39.0 Å². The van der Waals surface area contributed by atoms with Gasteiger partial charge in [-0.1, -0.05) is 142 Å². The van der Waals surface area contributed by atoms with Crippen LogP contribution in [-0.2, 0) is 33.3 Å². The lowest BCUT2D eigenvalue weighted by molar-refractivity contribution is -0.161. The molecule has 1 amide bonds. The van der Waals surface area contributed by atoms with E-state index in [-0.39, 0.29) is 36.4 Å². The number of amides is 1. The molecule has 0 rings (SSSR count). The monoisotopic (exact) mass is 756 g/mol. The summed E-state index contributed by atoms with van der Waals surface area (Å²) in [4.78, 5) is 37.6. The number of rotatable bonds is 37. The Morgan fingerprint density at radius 1 is 0.509 bits per heavy atom. The van der Waals surface area contributed by atoms with E-state index in [1.807, 2.05) is 34.6 Å². The molecular weight excluding hydrogens is 670 g/mol. The maximum atomic E-state index is 12.7. The Labute approximate surface area is 326 Å². The maximum absolute atomic E-state index is 12.7. The molecule has 0 spiro atoms. The first kappa shape index (κ1) is 51.1. The zero-order valence-electron chi connectivity index (χ0n) is 35.8. The molecule has 0 aliphatic carbocycles. The zero-order valence-corrected chi connectivity index (χ0v) is 35.8. The summed E-state index contributed by atoms with van der Waals surface area (Å²) < 4.78 is 28.3. The molecule has 0 aromatic heterocycles. The van der Waals surface area contributed by atoms with Gasteiger partial charge in [0.1, 0.15) is 13.2 Å². The highest BCUT2D eigenvalue weighted by atomic mass is 16.6. The van der Waals surface area contributed by atoms with Crippen LogP contribution in [0, 0.1) is 0 Å². The first-order valence-corrected chi connectivity index (χ1v) is 21.9. The quantitative estimate of drug-likeness (QED) is 0.0379. The maximum Gasteiger partial charge on any atom is 0.407 e. The normalized spacial score (nSPS) is 12.4. The molecule has 0 aliphatic rings. The fraction of sp³-hybridized carbons (Fsp3) is 0.932. The van der Waals surface area contributed by atoms with Gasteiger partial charge in [0, 0.05) is 32.6 Å². The van der Waals surface area contributed by atoms with Gasteiger partial charge in [-0.3, -0.25) is 9.59 Å². The Balaban J connectivity index is 4.50. The Bertz CT molecular complexity index is 872. The fourth-order valence-electron chi connectivity index (χ4n) is 5.99. The number of ether oxygens (including phenoxy) is 5. The third kappa shape index (κ3) is 38.2. The Morgan fingerprint density at radius 3 is 1.42 bits per heavy atom. The smallest absolute Gasteiger partial charge is 0.407 e. The molecule has 9 heteroatoms. The highest BCUT2D eigenvalue weighted by molar-refractivity contribution is 5.70. The van der Waals surface area contributed by atoms with Crippen molar-refractivity contribution in [3.05, 3.63) is 0 Å². The van der Waals surface area contributed by atoms with Crippen molar-refractivity contribution < 1.29 is 38.1 Å². The predicted octanol–water partition coefficient (Wildman–Crippen LogP) is 12.0. The minimum Gasteiger partial charge on any atom is -0.462 e. The van der Waals surface area contributed by atoms with Crippen molar-refractivity contribution in [2.75, 3.05) is 33.0 Å². The van der Waals surface area contributed by atoms with E-state index in [4.69, 9.17) is 23.7 Å². The van der Waals surface area contributed by atoms with Gasteiger partial charge in [0.2, 0.25) is 0 Å². The van der Waals surface area contributed by atoms with Crippen molar-refractivity contribution in [2.24, 2.45) is 0 Å². The lowest BCUT2D eigenvalue weighted by atomic mass is 10.1. The van der Waals surface area contributed by atoms with E-state index >= 15 is 0 Å². The number of hydrogen-bond donors (Lipinski definition) is 1. The van der Waals surface area contributed by atoms with Gasteiger partial charge in [-0.15, -0.1) is 0 Å². The lowest BCUT2D eigenvalue weighted by Crippen LogP contribution is -2.34. The fourth-order valence-corrected chi connectivity index (χ4v) is 5.99. The second-order valence-electron chi connectivity index (χ2n) is 16.6. The molecule has 314 valence electrons. The number of carbonyl (C=O) groups is 3. The minimum absolute atomic E-state index is 0.129. The summed E-state index contributed by atoms with van der Waals surface area (Å²) in [6.45, 7) is 15.8. The summed E-state index contributed by atoms with van der Waals surface area (Å²) in [5.41, 5.74) is -0.515. The molecule has 1 unspecified atom stereocenters. The predicted molar refractivity (Wildman–Crippen MR) is 217 cm³/mol. The lowest BCUT2D eigenvalue weighted by Gasteiger charge is -2.28. The highest BCUT2D eigenvalue weighted by Gasteiger charge is 2.21. The van der Waals surface area contributed by atoms with Crippen molar-refractivity contribution in [3.8, 4) is 0 Å². The first-order chi connectivity index (χ1) is 25.4. The Hall–Kier alpha value is -1.87. The van der Waals surface area contributed by atoms with Crippen molar-refractivity contribution >= 4 is 18.0 Å². The van der Waals surface area contributed by atoms with Gasteiger partial charge < -0.3 is 29.0 Å². The average molecular weight is 756 g/mol. The van der Waals surface area contributed by atoms with Crippen LogP contribution in [0.15, 0.2) is 0 Å². The van der Waals surface area contributed by atoms with Crippen LogP contribution >= 0.6 is 0 Å². The number of nitrogens with one attached hydrogen (secondary N) is 1. The second-order valence-corrected chi connectivity index (χ2v) is 16.6. The third-order valence-corrected chi connectivity index (χ3v) is 9.42. The summed E-state index contributed by atoms with van der Waals surface area (Å²) in [6.07, 6.45) is 27.1. The molecule has 0 fully saturated rings. The van der Waals surface area contributed by atoms with E-state index in [1.54, 1.807) is 0 Å². The summed E-state index contributed by atoms with van der Waals surface area (Å²) in [5, 5.41) is 2.73. The van der Waals surface area contributed by atoms with Crippen molar-refractivity contribution in [3.63, 3.8) is 0 Å². The van der Waals surface area contributed by atoms with Crippen molar-refractivity contribution in [2.45, 2.75) is 233 Å². The second kappa shape index (κ2) is 34.6. The molecule has 0 aliphatic heterocycles. The minimum atomic E-state index is -0.846. The van der Waals surface area contributed by atoms with Gasteiger partial charge in [-0.25, -0.2) is 4.79 Å². The molecule has 1 atom stereocenters. The molecule has 0 aromatic rings. The van der Waals surface area contributed by atoms with E-state index in [0.717, 1.165) is 44.9 Å². The summed E-state index contributed by atoms with van der Waals surface area (Å²) in [7, 11) is 0. The van der Waals surface area contributed by atoms with Gasteiger partial charge in [0.25, 0.3) is 0 Å². The Morgan fingerprint density at radius 2 is 0.943 bits per heavy atom. The molecule has 0 saturated carbocycles. The molecule has 0 heterocycles. The first-order valence-electron chi connectivity index (χ1n) is 21.9. The summed E-state index contributed by atoms with van der Waals surface area (Å²) in [5.74, 6) is -0.673. The molecule has 53 heavy (non-hydrogen) atoms. The number of hydrogen-bond acceptors (Lipinski definition) is 8. The largest absolute Gasteiger partial charge is 0.462 e. The average Bonchev–Trinajstić information content (AvgIpc) is 3.09. The van der Waals surface area contributed by atoms with Crippen molar-refractivity contribution in [1.82, 2.24) is 5.32 Å². The topological polar surface area (TPSA) is 109 Å². The molecule has 1 N–H and O–H groups in total. The molecule has 0 aromatic carbocycles. The van der Waals surface area contributed by atoms with Gasteiger partial charge in [-0.05, 0) is 60.3 Å². The number of carbonyl (C=O) groups excluding carboxylic acids is 3. The van der Waals surface area contributed by atoms with Gasteiger partial charge in [-0.2, -0.15) is 0 Å². The van der Waals surface area contributed by atoms with Crippen LogP contribution in [0.3, 0.4) is 0 Å². The van der Waals surface area contributed by atoms with E-state index < -0.39 is 12.2 Å². The molecule has 0 radical (unpaired) electrons. The van der Waals surface area contributed by atoms with E-state index in [9.17, 15) is 14.4 Å². The number of esters is 2. The summed E-state index contributed by atoms with van der Waals surface area (Å²) in [6, 6.07) is 0. The summed E-state index contributed by atoms with van der Waals surface area (Å²) >= 11 is 0. The van der Waals surface area contributed by atoms with Crippen molar-refractivity contribution in [1.29, 1.82) is 0 Å². The third-order valence-electron chi connectivity index (χ3n) is 9.42. The standard InChI is InChI=1S/C44H85NO8/c1-8-10-12-14-16-18-20-22-24-26-28-31-40(46)49-37-39(53-41(47)32-29-27-25-23-21-19-17-15-13-11-9-2)38-50-42(48)45-34-30-35-52-44(6,7)33-36-51-43(3,4)5/h39H,8-38H2,1-7H3,(H,45,48). The van der Waals surface area contributed by atoms with E-state index in [2.05, 4.69) is 19.2 Å². The molecule has 0 bridgehead atoms. The van der Waals surface area contributed by atoms with Crippen LogP contribution in [0.4, 0.5) is 4.79 Å². The Kier molecular flexibility index (Phi) is 33.4. The van der Waals surface area contributed by atoms with Crippen LogP contribution in [0.1, 0.15) is 215 Å². The zero-order chi connectivity index (χ0) is 39.5. The van der Waals surface area contributed by atoms with Gasteiger partial charge in [0.05, 0.1) is 11.2 Å². The molecular formula is C44H85NO8. The van der Waals surface area contributed by atoms with Crippen LogP contribution in [0.5, 0.6) is 0 Å². The van der Waals surface area contributed by atoms with Gasteiger partial charge >= 0.3 is 18.0 Å². The highest BCUT2D eigenvalue weighted by Crippen LogP contribution is 2.18. The number of unbranched alkanes of at least 4 members (excludes halogenated alkanes) is 20. The van der Waals surface area contributed by atoms with Crippen LogP contribution in [0.25, 0.3) is 0 Å². The SMILES string of the molecule is CCCCCCCCCCCCCC(=O)OCC(COC(=O)NCCCOC(C)(C)CCOC(C)(C)C)OC(=O)CCCCCCCCCCCCC.